The zero-order chi connectivity index (χ0) is 16.4. The van der Waals surface area contributed by atoms with Crippen LogP contribution in [-0.2, 0) is 0 Å². The van der Waals surface area contributed by atoms with E-state index in [4.69, 9.17) is 11.4 Å². The van der Waals surface area contributed by atoms with E-state index in [9.17, 15) is 4.79 Å². The van der Waals surface area contributed by atoms with Crippen LogP contribution >= 0.6 is 11.3 Å². The van der Waals surface area contributed by atoms with E-state index in [0.29, 0.717) is 11.2 Å². The van der Waals surface area contributed by atoms with Gasteiger partial charge < -0.3 is 5.32 Å². The Balaban J connectivity index is 2.21. The molecule has 0 radical (unpaired) electrons. The molecule has 3 heterocycles. The van der Waals surface area contributed by atoms with Crippen LogP contribution in [0.4, 0.5) is 0 Å². The first-order chi connectivity index (χ1) is 11.1. The Labute approximate surface area is 138 Å². The highest BCUT2D eigenvalue weighted by atomic mass is 32.1. The van der Waals surface area contributed by atoms with Crippen LogP contribution in [0, 0.1) is 12.3 Å². The van der Waals surface area contributed by atoms with Crippen molar-refractivity contribution in [1.82, 2.24) is 20.1 Å². The zero-order valence-electron chi connectivity index (χ0n) is 12.9. The Morgan fingerprint density at radius 2 is 2.35 bits per heavy atom. The van der Waals surface area contributed by atoms with Crippen molar-refractivity contribution in [1.29, 1.82) is 0 Å². The minimum absolute atomic E-state index is 0.153. The lowest BCUT2D eigenvalue weighted by molar-refractivity contribution is 0.0960. The first kappa shape index (κ1) is 15.3. The number of amides is 1. The minimum Gasteiger partial charge on any atom is -0.341 e. The number of thiophene rings is 1. The molecule has 0 aliphatic rings. The third kappa shape index (κ3) is 2.83. The van der Waals surface area contributed by atoms with Gasteiger partial charge in [0.25, 0.3) is 5.91 Å². The molecule has 0 aliphatic heterocycles. The standard InChI is InChI=1S/C17H16N4OS/c1-4-7-18-17(22)12-9-14(15-6-5-8-23-15)20-16-13(12)10-19-21(16)11(2)3/h1,5-6,8-11H,7H2,2-3H3,(H,18,22). The fourth-order valence-corrected chi connectivity index (χ4v) is 3.05. The number of aromatic nitrogens is 3. The molecule has 1 amide bonds. The summed E-state index contributed by atoms with van der Waals surface area (Å²) in [7, 11) is 0. The lowest BCUT2D eigenvalue weighted by Crippen LogP contribution is -2.23. The number of hydrogen-bond acceptors (Lipinski definition) is 4. The fraction of sp³-hybridized carbons (Fsp3) is 0.235. The van der Waals surface area contributed by atoms with Gasteiger partial charge in [-0.3, -0.25) is 4.79 Å². The van der Waals surface area contributed by atoms with Crippen LogP contribution < -0.4 is 5.32 Å². The first-order valence-corrected chi connectivity index (χ1v) is 8.13. The average molecular weight is 324 g/mol. The summed E-state index contributed by atoms with van der Waals surface area (Å²) in [5.41, 5.74) is 2.01. The summed E-state index contributed by atoms with van der Waals surface area (Å²) in [4.78, 5) is 18.2. The molecule has 6 heteroatoms. The number of terminal acetylenes is 1. The van der Waals surface area contributed by atoms with E-state index in [1.807, 2.05) is 36.0 Å². The van der Waals surface area contributed by atoms with E-state index in [-0.39, 0.29) is 18.5 Å². The topological polar surface area (TPSA) is 59.8 Å². The summed E-state index contributed by atoms with van der Waals surface area (Å²) in [5, 5.41) is 9.81. The van der Waals surface area contributed by atoms with Gasteiger partial charge in [0.2, 0.25) is 0 Å². The first-order valence-electron chi connectivity index (χ1n) is 7.25. The van der Waals surface area contributed by atoms with Gasteiger partial charge >= 0.3 is 0 Å². The largest absolute Gasteiger partial charge is 0.341 e. The predicted octanol–water partition coefficient (Wildman–Crippen LogP) is 3.10. The van der Waals surface area contributed by atoms with Crippen molar-refractivity contribution in [2.24, 2.45) is 0 Å². The molecule has 0 aromatic carbocycles. The van der Waals surface area contributed by atoms with Crippen molar-refractivity contribution < 1.29 is 4.79 Å². The molecule has 0 spiro atoms. The maximum absolute atomic E-state index is 12.5. The second-order valence-corrected chi connectivity index (χ2v) is 6.29. The third-order valence-corrected chi connectivity index (χ3v) is 4.32. The molecule has 0 unspecified atom stereocenters. The number of pyridine rings is 1. The number of rotatable bonds is 4. The van der Waals surface area contributed by atoms with Gasteiger partial charge in [-0.1, -0.05) is 12.0 Å². The summed E-state index contributed by atoms with van der Waals surface area (Å²) in [5.74, 6) is 2.20. The van der Waals surface area contributed by atoms with Gasteiger partial charge in [-0.15, -0.1) is 17.8 Å². The van der Waals surface area contributed by atoms with E-state index >= 15 is 0 Å². The molecule has 3 aromatic rings. The summed E-state index contributed by atoms with van der Waals surface area (Å²) < 4.78 is 1.82. The monoisotopic (exact) mass is 324 g/mol. The molecule has 1 N–H and O–H groups in total. The van der Waals surface area contributed by atoms with Gasteiger partial charge in [0, 0.05) is 6.04 Å². The van der Waals surface area contributed by atoms with Gasteiger partial charge in [0.15, 0.2) is 5.65 Å². The Kier molecular flexibility index (Phi) is 4.13. The molecule has 0 bridgehead atoms. The zero-order valence-corrected chi connectivity index (χ0v) is 13.7. The summed E-state index contributed by atoms with van der Waals surface area (Å²) in [6.45, 7) is 4.25. The Hall–Kier alpha value is -2.65. The molecular weight excluding hydrogens is 308 g/mol. The number of fused-ring (bicyclic) bond motifs is 1. The van der Waals surface area contributed by atoms with Crippen LogP contribution in [-0.4, -0.2) is 27.2 Å². The number of carbonyl (C=O) groups excluding carboxylic acids is 1. The van der Waals surface area contributed by atoms with Crippen molar-refractivity contribution in [3.63, 3.8) is 0 Å². The van der Waals surface area contributed by atoms with Crippen LogP contribution in [0.15, 0.2) is 29.8 Å². The molecule has 0 fully saturated rings. The molecule has 5 nitrogen and oxygen atoms in total. The van der Waals surface area contributed by atoms with Crippen LogP contribution in [0.2, 0.25) is 0 Å². The number of hydrogen-bond donors (Lipinski definition) is 1. The van der Waals surface area contributed by atoms with Crippen LogP contribution in [0.1, 0.15) is 30.2 Å². The van der Waals surface area contributed by atoms with Crippen LogP contribution in [0.5, 0.6) is 0 Å². The van der Waals surface area contributed by atoms with Gasteiger partial charge in [-0.05, 0) is 31.4 Å². The highest BCUT2D eigenvalue weighted by Gasteiger charge is 2.18. The van der Waals surface area contributed by atoms with E-state index in [0.717, 1.165) is 16.0 Å². The summed E-state index contributed by atoms with van der Waals surface area (Å²) in [6, 6.07) is 5.90. The second kappa shape index (κ2) is 6.23. The predicted molar refractivity (Wildman–Crippen MR) is 92.4 cm³/mol. The fourth-order valence-electron chi connectivity index (χ4n) is 2.36. The van der Waals surface area contributed by atoms with Crippen LogP contribution in [0.25, 0.3) is 21.6 Å². The van der Waals surface area contributed by atoms with Gasteiger partial charge in [0.05, 0.1) is 34.3 Å². The van der Waals surface area contributed by atoms with E-state index in [2.05, 4.69) is 16.3 Å². The highest BCUT2D eigenvalue weighted by molar-refractivity contribution is 7.13. The summed E-state index contributed by atoms with van der Waals surface area (Å²) in [6.07, 6.45) is 6.91. The molecule has 116 valence electrons. The molecule has 3 aromatic heterocycles. The average Bonchev–Trinajstić information content (AvgIpc) is 3.20. The van der Waals surface area contributed by atoms with Gasteiger partial charge in [-0.2, -0.15) is 5.10 Å². The maximum atomic E-state index is 12.5. The SMILES string of the molecule is C#CCNC(=O)c1cc(-c2cccs2)nc2c1cnn2C(C)C. The van der Waals surface area contributed by atoms with Crippen molar-refractivity contribution >= 4 is 28.3 Å². The van der Waals surface area contributed by atoms with Crippen molar-refractivity contribution in [2.45, 2.75) is 19.9 Å². The lowest BCUT2D eigenvalue weighted by atomic mass is 10.1. The highest BCUT2D eigenvalue weighted by Crippen LogP contribution is 2.28. The second-order valence-electron chi connectivity index (χ2n) is 5.34. The summed E-state index contributed by atoms with van der Waals surface area (Å²) >= 11 is 1.58. The lowest BCUT2D eigenvalue weighted by Gasteiger charge is -2.09. The molecule has 23 heavy (non-hydrogen) atoms. The normalized spacial score (nSPS) is 10.9. The van der Waals surface area contributed by atoms with Crippen molar-refractivity contribution in [2.75, 3.05) is 6.54 Å². The third-order valence-electron chi connectivity index (χ3n) is 3.43. The van der Waals surface area contributed by atoms with Gasteiger partial charge in [-0.25, -0.2) is 9.67 Å². The van der Waals surface area contributed by atoms with E-state index in [1.165, 1.54) is 0 Å². The Morgan fingerprint density at radius 3 is 3.00 bits per heavy atom. The minimum atomic E-state index is -0.212. The van der Waals surface area contributed by atoms with Gasteiger partial charge in [0.1, 0.15) is 0 Å². The molecular formula is C17H16N4OS. The van der Waals surface area contributed by atoms with Crippen LogP contribution in [0.3, 0.4) is 0 Å². The van der Waals surface area contributed by atoms with E-state index < -0.39 is 0 Å². The number of nitrogens with zero attached hydrogens (tertiary/aromatic N) is 3. The molecule has 0 saturated heterocycles. The molecule has 0 saturated carbocycles. The van der Waals surface area contributed by atoms with E-state index in [1.54, 1.807) is 23.6 Å². The quantitative estimate of drug-likeness (QED) is 0.750. The Morgan fingerprint density at radius 1 is 1.52 bits per heavy atom. The van der Waals surface area contributed by atoms with Crippen molar-refractivity contribution in [3.8, 4) is 22.9 Å². The molecule has 0 atom stereocenters. The molecule has 3 rings (SSSR count). The molecule has 0 aliphatic carbocycles. The smallest absolute Gasteiger partial charge is 0.252 e. The Bertz CT molecular complexity index is 887. The van der Waals surface area contributed by atoms with Crippen molar-refractivity contribution in [3.05, 3.63) is 35.3 Å². The number of nitrogens with one attached hydrogen (secondary N) is 1. The number of carbonyl (C=O) groups is 1. The maximum Gasteiger partial charge on any atom is 0.252 e.